The average molecular weight is 190 g/mol. The number of anilines is 1. The fraction of sp³-hybridized carbons (Fsp3) is 0.200. The number of carboxylic acids is 1. The number of hydrogen-bond acceptors (Lipinski definition) is 4. The summed E-state index contributed by atoms with van der Waals surface area (Å²) in [6.45, 7) is 0. The molecule has 4 nitrogen and oxygen atoms in total. The number of carbonyl (C=O) groups is 1. The highest BCUT2D eigenvalue weighted by atomic mass is 32.1. The van der Waals surface area contributed by atoms with Crippen molar-refractivity contribution in [1.29, 1.82) is 0 Å². The molecule has 0 unspecified atom stereocenters. The molecule has 0 aliphatic heterocycles. The topological polar surface area (TPSA) is 68.2 Å². The van der Waals surface area contributed by atoms with E-state index in [-0.39, 0.29) is 10.7 Å². The molecule has 3 N–H and O–H groups in total. The molecule has 0 amide bonds. The third kappa shape index (κ3) is 1.26. The summed E-state index contributed by atoms with van der Waals surface area (Å²) in [6.07, 6.45) is 0. The average Bonchev–Trinajstić information content (AvgIpc) is 2.17. The smallest absolute Gasteiger partial charge is 0.349 e. The summed E-state index contributed by atoms with van der Waals surface area (Å²) in [5.41, 5.74) is 5.43. The van der Waals surface area contributed by atoms with Crippen LogP contribution in [0.15, 0.2) is 0 Å². The lowest BCUT2D eigenvalue weighted by Gasteiger charge is -1.93. The quantitative estimate of drug-likeness (QED) is 0.650. The van der Waals surface area contributed by atoms with Crippen molar-refractivity contribution in [2.24, 2.45) is 7.05 Å². The summed E-state index contributed by atoms with van der Waals surface area (Å²) in [7, 11) is 1.64. The van der Waals surface area contributed by atoms with Crippen LogP contribution in [0.1, 0.15) is 9.67 Å². The minimum Gasteiger partial charge on any atom is -0.477 e. The van der Waals surface area contributed by atoms with E-state index in [2.05, 4.69) is 0 Å². The Morgan fingerprint density at radius 1 is 1.82 bits per heavy atom. The zero-order chi connectivity index (χ0) is 8.59. The van der Waals surface area contributed by atoms with E-state index in [1.165, 1.54) is 4.57 Å². The van der Waals surface area contributed by atoms with Crippen LogP contribution in [0.25, 0.3) is 0 Å². The van der Waals surface area contributed by atoms with Crippen LogP contribution in [0.4, 0.5) is 5.82 Å². The van der Waals surface area contributed by atoms with Crippen molar-refractivity contribution < 1.29 is 9.90 Å². The minimum absolute atomic E-state index is 0.109. The molecule has 0 atom stereocenters. The van der Waals surface area contributed by atoms with Gasteiger partial charge in [-0.05, 0) is 12.2 Å². The Balaban J connectivity index is 3.42. The Kier molecular flexibility index (Phi) is 1.97. The fourth-order valence-corrected chi connectivity index (χ4v) is 1.70. The number of thiazole rings is 1. The normalized spacial score (nSPS) is 9.91. The molecule has 0 saturated carbocycles. The van der Waals surface area contributed by atoms with E-state index in [4.69, 9.17) is 23.1 Å². The van der Waals surface area contributed by atoms with Gasteiger partial charge in [0.25, 0.3) is 0 Å². The van der Waals surface area contributed by atoms with E-state index in [0.29, 0.717) is 3.95 Å². The third-order valence-electron chi connectivity index (χ3n) is 1.25. The van der Waals surface area contributed by atoms with Crippen LogP contribution >= 0.6 is 23.6 Å². The molecule has 0 fully saturated rings. The van der Waals surface area contributed by atoms with Gasteiger partial charge >= 0.3 is 5.97 Å². The molecule has 0 aromatic carbocycles. The Hall–Kier alpha value is -0.880. The highest BCUT2D eigenvalue weighted by Gasteiger charge is 2.12. The summed E-state index contributed by atoms with van der Waals surface area (Å²) in [4.78, 5) is 10.6. The number of nitrogens with zero attached hydrogens (tertiary/aromatic N) is 1. The first-order valence-corrected chi connectivity index (χ1v) is 3.95. The zero-order valence-corrected chi connectivity index (χ0v) is 7.33. The highest BCUT2D eigenvalue weighted by molar-refractivity contribution is 7.73. The molecule has 0 bridgehead atoms. The van der Waals surface area contributed by atoms with Crippen molar-refractivity contribution in [3.63, 3.8) is 0 Å². The van der Waals surface area contributed by atoms with Crippen molar-refractivity contribution in [1.82, 2.24) is 4.57 Å². The van der Waals surface area contributed by atoms with Crippen molar-refractivity contribution in [3.05, 3.63) is 8.83 Å². The van der Waals surface area contributed by atoms with Gasteiger partial charge in [-0.3, -0.25) is 0 Å². The first-order chi connectivity index (χ1) is 5.04. The largest absolute Gasteiger partial charge is 0.477 e. The summed E-state index contributed by atoms with van der Waals surface area (Å²) in [6, 6.07) is 0. The lowest BCUT2D eigenvalue weighted by Crippen LogP contribution is -2.02. The second kappa shape index (κ2) is 2.63. The number of carboxylic acid groups (broad SMARTS) is 1. The van der Waals surface area contributed by atoms with Gasteiger partial charge in [0.2, 0.25) is 0 Å². The number of hydrogen-bond donors (Lipinski definition) is 2. The maximum Gasteiger partial charge on any atom is 0.349 e. The summed E-state index contributed by atoms with van der Waals surface area (Å²) in [5.74, 6) is -0.813. The van der Waals surface area contributed by atoms with E-state index in [1.54, 1.807) is 7.05 Å². The molecule has 1 heterocycles. The zero-order valence-electron chi connectivity index (χ0n) is 5.70. The monoisotopic (exact) mass is 190 g/mol. The summed E-state index contributed by atoms with van der Waals surface area (Å²) < 4.78 is 1.95. The molecule has 1 aromatic heterocycles. The standard InChI is InChI=1S/C5H6N2O2S2/c1-7-3(6)2(4(8)9)11-5(7)10/h6H2,1H3,(H,8,9). The maximum absolute atomic E-state index is 10.5. The van der Waals surface area contributed by atoms with Crippen LogP contribution in [0.5, 0.6) is 0 Å². The number of nitrogens with two attached hydrogens (primary N) is 1. The van der Waals surface area contributed by atoms with Gasteiger partial charge in [0.15, 0.2) is 8.83 Å². The van der Waals surface area contributed by atoms with Gasteiger partial charge in [-0.25, -0.2) is 4.79 Å². The van der Waals surface area contributed by atoms with E-state index in [0.717, 1.165) is 11.3 Å². The van der Waals surface area contributed by atoms with Gasteiger partial charge in [-0.1, -0.05) is 11.3 Å². The fourth-order valence-electron chi connectivity index (χ4n) is 0.612. The summed E-state index contributed by atoms with van der Waals surface area (Å²) in [5, 5.41) is 8.57. The van der Waals surface area contributed by atoms with Crippen molar-refractivity contribution in [3.8, 4) is 0 Å². The van der Waals surface area contributed by atoms with Gasteiger partial charge in [-0.15, -0.1) is 0 Å². The van der Waals surface area contributed by atoms with E-state index in [9.17, 15) is 4.79 Å². The van der Waals surface area contributed by atoms with Crippen molar-refractivity contribution in [2.75, 3.05) is 5.73 Å². The van der Waals surface area contributed by atoms with E-state index in [1.807, 2.05) is 0 Å². The number of aromatic carboxylic acids is 1. The second-order valence-corrected chi connectivity index (χ2v) is 3.59. The Bertz CT molecular complexity index is 352. The van der Waals surface area contributed by atoms with Crippen molar-refractivity contribution >= 4 is 35.3 Å². The Labute approximate surface area is 71.9 Å². The van der Waals surface area contributed by atoms with Crippen LogP contribution in [-0.4, -0.2) is 15.6 Å². The van der Waals surface area contributed by atoms with E-state index < -0.39 is 5.97 Å². The van der Waals surface area contributed by atoms with E-state index >= 15 is 0 Å². The second-order valence-electron chi connectivity index (χ2n) is 1.95. The van der Waals surface area contributed by atoms with Crippen LogP contribution in [0, 0.1) is 3.95 Å². The van der Waals surface area contributed by atoms with Gasteiger partial charge in [0.1, 0.15) is 5.82 Å². The van der Waals surface area contributed by atoms with Crippen LogP contribution in [0.3, 0.4) is 0 Å². The molecule has 0 radical (unpaired) electrons. The van der Waals surface area contributed by atoms with Crippen LogP contribution < -0.4 is 5.73 Å². The number of rotatable bonds is 1. The molecule has 0 spiro atoms. The van der Waals surface area contributed by atoms with Gasteiger partial charge < -0.3 is 15.4 Å². The Morgan fingerprint density at radius 3 is 2.55 bits per heavy atom. The molecule has 1 aromatic rings. The predicted molar refractivity (Wildman–Crippen MR) is 45.5 cm³/mol. The van der Waals surface area contributed by atoms with Crippen LogP contribution in [0.2, 0.25) is 0 Å². The molecule has 0 saturated heterocycles. The van der Waals surface area contributed by atoms with Crippen molar-refractivity contribution in [2.45, 2.75) is 0 Å². The molecule has 11 heavy (non-hydrogen) atoms. The van der Waals surface area contributed by atoms with Gasteiger partial charge in [0.05, 0.1) is 0 Å². The number of nitrogen functional groups attached to an aromatic ring is 1. The first-order valence-electron chi connectivity index (χ1n) is 2.72. The molecule has 6 heteroatoms. The molecular weight excluding hydrogens is 184 g/mol. The molecule has 60 valence electrons. The van der Waals surface area contributed by atoms with Gasteiger partial charge in [0, 0.05) is 7.05 Å². The first kappa shape index (κ1) is 8.22. The van der Waals surface area contributed by atoms with Gasteiger partial charge in [-0.2, -0.15) is 0 Å². The predicted octanol–water partition coefficient (Wildman–Crippen LogP) is 1.10. The van der Waals surface area contributed by atoms with Crippen LogP contribution in [-0.2, 0) is 7.05 Å². The third-order valence-corrected chi connectivity index (χ3v) is 2.81. The lowest BCUT2D eigenvalue weighted by atomic mass is 10.5. The molecular formula is C5H6N2O2S2. The maximum atomic E-state index is 10.5. The number of aromatic nitrogens is 1. The molecule has 0 aliphatic carbocycles. The molecule has 0 aliphatic rings. The lowest BCUT2D eigenvalue weighted by molar-refractivity contribution is 0.0703. The summed E-state index contributed by atoms with van der Waals surface area (Å²) >= 11 is 5.82. The minimum atomic E-state index is -1.03. The molecule has 1 rings (SSSR count). The highest BCUT2D eigenvalue weighted by Crippen LogP contribution is 2.19. The Morgan fingerprint density at radius 2 is 2.36 bits per heavy atom. The SMILES string of the molecule is Cn1c(N)c(C(=O)O)sc1=S.